The number of nitrogens with one attached hydrogen (secondary N) is 1. The van der Waals surface area contributed by atoms with Gasteiger partial charge < -0.3 is 4.74 Å². The number of rotatable bonds is 4. The lowest BCUT2D eigenvalue weighted by Gasteiger charge is -2.10. The highest BCUT2D eigenvalue weighted by Crippen LogP contribution is 2.26. The number of ether oxygens (including phenoxy) is 1. The van der Waals surface area contributed by atoms with Crippen LogP contribution in [0.15, 0.2) is 4.90 Å². The van der Waals surface area contributed by atoms with Gasteiger partial charge in [-0.15, -0.1) is 0 Å². The summed E-state index contributed by atoms with van der Waals surface area (Å²) in [6.07, 6.45) is 3.86. The maximum absolute atomic E-state index is 12.0. The summed E-state index contributed by atoms with van der Waals surface area (Å²) in [5.41, 5.74) is 0.0621. The Morgan fingerprint density at radius 1 is 1.47 bits per heavy atom. The highest BCUT2D eigenvalue weighted by Gasteiger charge is 2.30. The minimum absolute atomic E-state index is 0.153. The van der Waals surface area contributed by atoms with E-state index in [1.807, 2.05) is 0 Å². The minimum Gasteiger partial charge on any atom is -0.458 e. The Morgan fingerprint density at radius 2 is 2.11 bits per heavy atom. The van der Waals surface area contributed by atoms with Crippen molar-refractivity contribution in [3.05, 3.63) is 11.4 Å². The number of esters is 1. The fraction of sp³-hybridized carbons (Fsp3) is 0.636. The van der Waals surface area contributed by atoms with Gasteiger partial charge >= 0.3 is 5.97 Å². The van der Waals surface area contributed by atoms with Crippen molar-refractivity contribution >= 4 is 25.7 Å². The summed E-state index contributed by atoms with van der Waals surface area (Å²) in [6, 6.07) is 0. The lowest BCUT2D eigenvalue weighted by atomic mass is 10.3. The van der Waals surface area contributed by atoms with Crippen molar-refractivity contribution in [3.63, 3.8) is 0 Å². The predicted octanol–water partition coefficient (Wildman–Crippen LogP) is 2.00. The normalized spacial score (nSPS) is 16.7. The Kier molecular flexibility index (Phi) is 4.15. The molecule has 0 atom stereocenters. The fourth-order valence-electron chi connectivity index (χ4n) is 2.22. The van der Waals surface area contributed by atoms with E-state index >= 15 is 0 Å². The van der Waals surface area contributed by atoms with Crippen LogP contribution in [0.4, 0.5) is 0 Å². The number of carbonyl (C=O) groups is 1. The summed E-state index contributed by atoms with van der Waals surface area (Å²) in [5.74, 6) is -0.734. The number of aromatic nitrogens is 2. The Morgan fingerprint density at radius 3 is 2.63 bits per heavy atom. The first-order valence-corrected chi connectivity index (χ1v) is 8.47. The molecule has 1 aromatic rings. The molecule has 0 aliphatic heterocycles. The summed E-state index contributed by atoms with van der Waals surface area (Å²) in [5, 5.41) is 6.25. The summed E-state index contributed by atoms with van der Waals surface area (Å²) in [6.45, 7) is 1.74. The van der Waals surface area contributed by atoms with E-state index < -0.39 is 15.0 Å². The first-order chi connectivity index (χ1) is 8.93. The van der Waals surface area contributed by atoms with Gasteiger partial charge in [0.25, 0.3) is 9.05 Å². The molecule has 106 valence electrons. The third kappa shape index (κ3) is 3.09. The van der Waals surface area contributed by atoms with E-state index in [9.17, 15) is 13.2 Å². The van der Waals surface area contributed by atoms with E-state index in [4.69, 9.17) is 15.4 Å². The highest BCUT2D eigenvalue weighted by atomic mass is 35.7. The molecule has 6 nitrogen and oxygen atoms in total. The van der Waals surface area contributed by atoms with Crippen LogP contribution in [0.5, 0.6) is 0 Å². The Hall–Kier alpha value is -1.08. The zero-order valence-corrected chi connectivity index (χ0v) is 12.1. The minimum atomic E-state index is -4.03. The number of aryl methyl sites for hydroxylation is 1. The van der Waals surface area contributed by atoms with Crippen molar-refractivity contribution in [3.8, 4) is 0 Å². The number of halogens is 1. The van der Waals surface area contributed by atoms with Gasteiger partial charge in [-0.3, -0.25) is 5.10 Å². The Bertz CT molecular complexity index is 576. The van der Waals surface area contributed by atoms with Crippen molar-refractivity contribution in [2.45, 2.75) is 50.0 Å². The Labute approximate surface area is 115 Å². The highest BCUT2D eigenvalue weighted by molar-refractivity contribution is 8.13. The molecule has 0 amide bonds. The number of aromatic amines is 1. The molecule has 1 N–H and O–H groups in total. The van der Waals surface area contributed by atoms with Crippen molar-refractivity contribution in [1.29, 1.82) is 0 Å². The zero-order valence-electron chi connectivity index (χ0n) is 10.5. The molecule has 0 radical (unpaired) electrons. The predicted molar refractivity (Wildman–Crippen MR) is 68.7 cm³/mol. The van der Waals surface area contributed by atoms with Crippen molar-refractivity contribution in [2.75, 3.05) is 0 Å². The molecule has 0 aromatic carbocycles. The van der Waals surface area contributed by atoms with Gasteiger partial charge in [-0.05, 0) is 32.1 Å². The van der Waals surface area contributed by atoms with Gasteiger partial charge in [-0.1, -0.05) is 6.92 Å². The van der Waals surface area contributed by atoms with Crippen LogP contribution < -0.4 is 0 Å². The van der Waals surface area contributed by atoms with Gasteiger partial charge in [-0.25, -0.2) is 13.2 Å². The van der Waals surface area contributed by atoms with Crippen molar-refractivity contribution < 1.29 is 17.9 Å². The summed E-state index contributed by atoms with van der Waals surface area (Å²) < 4.78 is 28.3. The molecule has 0 bridgehead atoms. The van der Waals surface area contributed by atoms with Crippen molar-refractivity contribution in [1.82, 2.24) is 10.2 Å². The molecule has 0 saturated heterocycles. The molecule has 0 unspecified atom stereocenters. The van der Waals surface area contributed by atoms with Gasteiger partial charge in [-0.2, -0.15) is 5.10 Å². The van der Waals surface area contributed by atoms with Gasteiger partial charge in [0.2, 0.25) is 0 Å². The lowest BCUT2D eigenvalue weighted by molar-refractivity contribution is 0.0306. The molecule has 1 heterocycles. The zero-order chi connectivity index (χ0) is 14.0. The summed E-state index contributed by atoms with van der Waals surface area (Å²) >= 11 is 0. The average Bonchev–Trinajstić information content (AvgIpc) is 2.95. The molecular formula is C11H15ClN2O4S. The van der Waals surface area contributed by atoms with Gasteiger partial charge in [0.05, 0.1) is 5.69 Å². The standard InChI is InChI=1S/C11H15ClN2O4S/c1-2-8-10(19(12,16)17)9(14-13-8)11(15)18-7-5-3-4-6-7/h7H,2-6H2,1H3,(H,13,14). The molecular weight excluding hydrogens is 292 g/mol. The number of nitrogens with zero attached hydrogens (tertiary/aromatic N) is 1. The number of hydrogen-bond donors (Lipinski definition) is 1. The first-order valence-electron chi connectivity index (χ1n) is 6.16. The first kappa shape index (κ1) is 14.3. The quantitative estimate of drug-likeness (QED) is 0.679. The molecule has 1 aromatic heterocycles. The Balaban J connectivity index is 2.29. The topological polar surface area (TPSA) is 89.1 Å². The lowest BCUT2D eigenvalue weighted by Crippen LogP contribution is -2.17. The molecule has 1 aliphatic rings. The second kappa shape index (κ2) is 5.50. The van der Waals surface area contributed by atoms with Crippen LogP contribution in [0.3, 0.4) is 0 Å². The van der Waals surface area contributed by atoms with Gasteiger partial charge in [0.15, 0.2) is 5.69 Å². The molecule has 1 saturated carbocycles. The second-order valence-electron chi connectivity index (χ2n) is 4.48. The van der Waals surface area contributed by atoms with Crippen LogP contribution in [0.25, 0.3) is 0 Å². The SMILES string of the molecule is CCc1[nH]nc(C(=O)OC2CCCC2)c1S(=O)(=O)Cl. The van der Waals surface area contributed by atoms with Crippen LogP contribution in [0.2, 0.25) is 0 Å². The third-order valence-electron chi connectivity index (χ3n) is 3.16. The van der Waals surface area contributed by atoms with Crippen LogP contribution >= 0.6 is 10.7 Å². The van der Waals surface area contributed by atoms with Crippen LogP contribution in [0.1, 0.15) is 48.8 Å². The van der Waals surface area contributed by atoms with E-state index in [-0.39, 0.29) is 16.7 Å². The number of carbonyl (C=O) groups excluding carboxylic acids is 1. The van der Waals surface area contributed by atoms with Crippen LogP contribution in [-0.2, 0) is 20.2 Å². The molecule has 19 heavy (non-hydrogen) atoms. The smallest absolute Gasteiger partial charge is 0.360 e. The maximum atomic E-state index is 12.0. The molecule has 2 rings (SSSR count). The molecule has 8 heteroatoms. The second-order valence-corrected chi connectivity index (χ2v) is 6.99. The summed E-state index contributed by atoms with van der Waals surface area (Å²) in [7, 11) is 1.32. The molecule has 1 aliphatic carbocycles. The van der Waals surface area contributed by atoms with E-state index in [1.54, 1.807) is 6.92 Å². The maximum Gasteiger partial charge on any atom is 0.360 e. The van der Waals surface area contributed by atoms with Crippen LogP contribution in [0, 0.1) is 0 Å². The van der Waals surface area contributed by atoms with Gasteiger partial charge in [0.1, 0.15) is 11.0 Å². The fourth-order valence-corrected chi connectivity index (χ4v) is 3.56. The van der Waals surface area contributed by atoms with E-state index in [0.717, 1.165) is 25.7 Å². The number of H-pyrrole nitrogens is 1. The van der Waals surface area contributed by atoms with E-state index in [0.29, 0.717) is 12.1 Å². The van der Waals surface area contributed by atoms with E-state index in [1.165, 1.54) is 0 Å². The average molecular weight is 307 g/mol. The van der Waals surface area contributed by atoms with Crippen molar-refractivity contribution in [2.24, 2.45) is 0 Å². The third-order valence-corrected chi connectivity index (χ3v) is 4.55. The van der Waals surface area contributed by atoms with E-state index in [2.05, 4.69) is 10.2 Å². The monoisotopic (exact) mass is 306 g/mol. The molecule has 0 spiro atoms. The largest absolute Gasteiger partial charge is 0.458 e. The van der Waals surface area contributed by atoms with Gasteiger partial charge in [0, 0.05) is 10.7 Å². The number of hydrogen-bond acceptors (Lipinski definition) is 5. The molecule has 1 fully saturated rings. The van der Waals surface area contributed by atoms with Crippen LogP contribution in [-0.4, -0.2) is 30.7 Å². The summed E-state index contributed by atoms with van der Waals surface area (Å²) in [4.78, 5) is 11.7.